The molecular weight excluding hydrogens is 295 g/mol. The summed E-state index contributed by atoms with van der Waals surface area (Å²) in [4.78, 5) is 26.4. The molecule has 2 amide bonds. The molecule has 1 fully saturated rings. The molecule has 0 bridgehead atoms. The zero-order chi connectivity index (χ0) is 16.8. The molecule has 4 nitrogen and oxygen atoms in total. The van der Waals surface area contributed by atoms with E-state index in [-0.39, 0.29) is 23.8 Å². The molecule has 1 aromatic carbocycles. The lowest BCUT2D eigenvalue weighted by atomic mass is 9.98. The number of carbonyl (C=O) groups excluding carboxylic acids is 2. The van der Waals surface area contributed by atoms with Gasteiger partial charge in [-0.2, -0.15) is 0 Å². The van der Waals surface area contributed by atoms with E-state index in [0.717, 1.165) is 25.7 Å². The van der Waals surface area contributed by atoms with Crippen LogP contribution in [0.15, 0.2) is 24.3 Å². The quantitative estimate of drug-likeness (QED) is 0.907. The summed E-state index contributed by atoms with van der Waals surface area (Å²) < 4.78 is 13.2. The first-order valence-corrected chi connectivity index (χ1v) is 8.40. The van der Waals surface area contributed by atoms with Crippen molar-refractivity contribution in [3.63, 3.8) is 0 Å². The second-order valence-corrected chi connectivity index (χ2v) is 6.10. The third-order valence-electron chi connectivity index (χ3n) is 4.56. The van der Waals surface area contributed by atoms with Crippen molar-refractivity contribution in [3.8, 4) is 0 Å². The third kappa shape index (κ3) is 4.53. The highest BCUT2D eigenvalue weighted by Crippen LogP contribution is 2.17. The Hall–Kier alpha value is -1.91. The maximum Gasteiger partial charge on any atom is 0.251 e. The maximum atomic E-state index is 13.2. The lowest BCUT2D eigenvalue weighted by molar-refractivity contribution is -0.136. The summed E-state index contributed by atoms with van der Waals surface area (Å²) in [5.74, 6) is -0.337. The summed E-state index contributed by atoms with van der Waals surface area (Å²) in [6.07, 6.45) is 3.22. The van der Waals surface area contributed by atoms with Gasteiger partial charge in [0.25, 0.3) is 5.91 Å². The lowest BCUT2D eigenvalue weighted by Gasteiger charge is -2.34. The molecule has 0 radical (unpaired) electrons. The van der Waals surface area contributed by atoms with Gasteiger partial charge in [-0.25, -0.2) is 4.39 Å². The first-order chi connectivity index (χ1) is 11.0. The molecular formula is C18H25FN2O2. The zero-order valence-corrected chi connectivity index (χ0v) is 13.8. The van der Waals surface area contributed by atoms with Crippen molar-refractivity contribution in [3.05, 3.63) is 35.6 Å². The van der Waals surface area contributed by atoms with Gasteiger partial charge in [0.15, 0.2) is 0 Å². The van der Waals surface area contributed by atoms with E-state index in [1.807, 2.05) is 18.7 Å². The highest BCUT2D eigenvalue weighted by Gasteiger charge is 2.27. The number of nitrogens with one attached hydrogen (secondary N) is 1. The van der Waals surface area contributed by atoms with Crippen LogP contribution >= 0.6 is 0 Å². The predicted molar refractivity (Wildman–Crippen MR) is 87.5 cm³/mol. The van der Waals surface area contributed by atoms with Gasteiger partial charge in [-0.3, -0.25) is 9.59 Å². The topological polar surface area (TPSA) is 49.4 Å². The minimum Gasteiger partial charge on any atom is -0.349 e. The van der Waals surface area contributed by atoms with E-state index in [2.05, 4.69) is 5.32 Å². The summed E-state index contributed by atoms with van der Waals surface area (Å²) in [6.45, 7) is 5.42. The van der Waals surface area contributed by atoms with Gasteiger partial charge in [-0.15, -0.1) is 0 Å². The van der Waals surface area contributed by atoms with E-state index < -0.39 is 5.82 Å². The van der Waals surface area contributed by atoms with E-state index in [1.54, 1.807) is 6.07 Å². The van der Waals surface area contributed by atoms with Crippen molar-refractivity contribution in [1.29, 1.82) is 0 Å². The second kappa shape index (κ2) is 8.09. The van der Waals surface area contributed by atoms with Gasteiger partial charge in [-0.05, 0) is 43.9 Å². The number of likely N-dealkylation sites (tertiary alicyclic amines) is 1. The molecule has 1 aliphatic heterocycles. The number of rotatable bonds is 5. The van der Waals surface area contributed by atoms with E-state index >= 15 is 0 Å². The first kappa shape index (κ1) is 17.4. The van der Waals surface area contributed by atoms with Crippen LogP contribution in [0.1, 0.15) is 49.9 Å². The van der Waals surface area contributed by atoms with Crippen LogP contribution in [0.5, 0.6) is 0 Å². The van der Waals surface area contributed by atoms with Crippen LogP contribution in [-0.4, -0.2) is 35.8 Å². The number of amides is 2. The number of benzene rings is 1. The van der Waals surface area contributed by atoms with Crippen molar-refractivity contribution in [2.45, 2.75) is 45.6 Å². The molecule has 5 heteroatoms. The largest absolute Gasteiger partial charge is 0.349 e. The van der Waals surface area contributed by atoms with Gasteiger partial charge in [0.05, 0.1) is 0 Å². The van der Waals surface area contributed by atoms with Crippen LogP contribution in [0.3, 0.4) is 0 Å². The lowest BCUT2D eigenvalue weighted by Crippen LogP contribution is -2.48. The van der Waals surface area contributed by atoms with Crippen molar-refractivity contribution >= 4 is 11.8 Å². The van der Waals surface area contributed by atoms with E-state index in [9.17, 15) is 14.0 Å². The average Bonchev–Trinajstić information content (AvgIpc) is 2.56. The Kier molecular flexibility index (Phi) is 6.13. The van der Waals surface area contributed by atoms with Crippen LogP contribution in [0.25, 0.3) is 0 Å². The van der Waals surface area contributed by atoms with E-state index in [0.29, 0.717) is 18.7 Å². The van der Waals surface area contributed by atoms with Crippen molar-refractivity contribution in [2.24, 2.45) is 5.92 Å². The zero-order valence-electron chi connectivity index (χ0n) is 13.8. The third-order valence-corrected chi connectivity index (χ3v) is 4.56. The molecule has 0 unspecified atom stereocenters. The van der Waals surface area contributed by atoms with Crippen LogP contribution in [0, 0.1) is 11.7 Å². The molecule has 23 heavy (non-hydrogen) atoms. The molecule has 1 N–H and O–H groups in total. The maximum absolute atomic E-state index is 13.2. The van der Waals surface area contributed by atoms with Crippen LogP contribution in [0.2, 0.25) is 0 Å². The number of piperidine rings is 1. The normalized spacial score (nSPS) is 15.7. The number of hydrogen-bond acceptors (Lipinski definition) is 2. The number of halogens is 1. The molecule has 1 aliphatic rings. The van der Waals surface area contributed by atoms with Crippen molar-refractivity contribution < 1.29 is 14.0 Å². The number of nitrogens with zero attached hydrogens (tertiary/aromatic N) is 1. The van der Waals surface area contributed by atoms with Gasteiger partial charge in [-0.1, -0.05) is 19.9 Å². The fourth-order valence-corrected chi connectivity index (χ4v) is 3.04. The van der Waals surface area contributed by atoms with Gasteiger partial charge in [0.1, 0.15) is 5.82 Å². The fourth-order valence-electron chi connectivity index (χ4n) is 3.04. The Morgan fingerprint density at radius 2 is 1.91 bits per heavy atom. The smallest absolute Gasteiger partial charge is 0.251 e. The Morgan fingerprint density at radius 1 is 1.26 bits per heavy atom. The van der Waals surface area contributed by atoms with Crippen LogP contribution in [-0.2, 0) is 4.79 Å². The Morgan fingerprint density at radius 3 is 2.48 bits per heavy atom. The Balaban J connectivity index is 1.85. The molecule has 126 valence electrons. The minimum atomic E-state index is -0.414. The molecule has 1 aromatic rings. The van der Waals surface area contributed by atoms with Crippen molar-refractivity contribution in [1.82, 2.24) is 10.2 Å². The summed E-state index contributed by atoms with van der Waals surface area (Å²) in [7, 11) is 0. The van der Waals surface area contributed by atoms with Crippen LogP contribution in [0.4, 0.5) is 4.39 Å². The number of carbonyl (C=O) groups is 2. The summed E-state index contributed by atoms with van der Waals surface area (Å²) in [5, 5.41) is 2.94. The molecule has 0 saturated carbocycles. The van der Waals surface area contributed by atoms with Crippen LogP contribution < -0.4 is 5.32 Å². The predicted octanol–water partition coefficient (Wildman–Crippen LogP) is 2.98. The summed E-state index contributed by atoms with van der Waals surface area (Å²) in [5.41, 5.74) is 0.334. The number of hydrogen-bond donors (Lipinski definition) is 1. The molecule has 0 aliphatic carbocycles. The highest BCUT2D eigenvalue weighted by atomic mass is 19.1. The van der Waals surface area contributed by atoms with Gasteiger partial charge in [0.2, 0.25) is 5.91 Å². The van der Waals surface area contributed by atoms with Gasteiger partial charge < -0.3 is 10.2 Å². The second-order valence-electron chi connectivity index (χ2n) is 6.10. The minimum absolute atomic E-state index is 0.0384. The van der Waals surface area contributed by atoms with Gasteiger partial charge in [0, 0.05) is 30.6 Å². The average molecular weight is 320 g/mol. The summed E-state index contributed by atoms with van der Waals surface area (Å²) in [6, 6.07) is 5.72. The molecule has 1 saturated heterocycles. The van der Waals surface area contributed by atoms with E-state index in [1.165, 1.54) is 18.2 Å². The monoisotopic (exact) mass is 320 g/mol. The van der Waals surface area contributed by atoms with Crippen molar-refractivity contribution in [2.75, 3.05) is 13.1 Å². The highest BCUT2D eigenvalue weighted by molar-refractivity contribution is 5.94. The molecule has 1 heterocycles. The Bertz CT molecular complexity index is 550. The summed E-state index contributed by atoms with van der Waals surface area (Å²) >= 11 is 0. The SMILES string of the molecule is CCC(CC)C(=O)N1CCC(NC(=O)c2cccc(F)c2)CC1. The molecule has 0 atom stereocenters. The van der Waals surface area contributed by atoms with Gasteiger partial charge >= 0.3 is 0 Å². The first-order valence-electron chi connectivity index (χ1n) is 8.40. The Labute approximate surface area is 137 Å². The van der Waals surface area contributed by atoms with E-state index in [4.69, 9.17) is 0 Å². The molecule has 0 aromatic heterocycles. The standard InChI is InChI=1S/C18H25FN2O2/c1-3-13(4-2)18(23)21-10-8-16(9-11-21)20-17(22)14-6-5-7-15(19)12-14/h5-7,12-13,16H,3-4,8-11H2,1-2H3,(H,20,22). The fraction of sp³-hybridized carbons (Fsp3) is 0.556. The molecule has 2 rings (SSSR count). The molecule has 0 spiro atoms.